The molecule has 132 valence electrons. The topological polar surface area (TPSA) is 71.5 Å². The van der Waals surface area contributed by atoms with Gasteiger partial charge >= 0.3 is 0 Å². The minimum atomic E-state index is -0.664. The summed E-state index contributed by atoms with van der Waals surface area (Å²) in [6, 6.07) is 3.75. The lowest BCUT2D eigenvalue weighted by Crippen LogP contribution is -2.52. The zero-order valence-electron chi connectivity index (χ0n) is 14.8. The second-order valence-corrected chi connectivity index (χ2v) is 7.80. The number of aliphatic hydroxyl groups excluding tert-OH is 1. The molecule has 1 aromatic heterocycles. The standard InChI is InChI=1S/C19H28N2O3/c1-12(2)19(3,11-22)21-17(23)16-9-8-15(14-6-7-14)18(20-16)24-10-13-4-5-13/h8-9,12-14,22H,4-7,10-11H2,1-3H3,(H,21,23)/t19-/m0/s1. The Morgan fingerprint density at radius 3 is 2.62 bits per heavy atom. The molecule has 2 aliphatic rings. The molecule has 2 N–H and O–H groups in total. The Labute approximate surface area is 143 Å². The highest BCUT2D eigenvalue weighted by Gasteiger charge is 2.32. The maximum atomic E-state index is 12.6. The van der Waals surface area contributed by atoms with E-state index in [0.29, 0.717) is 30.0 Å². The Morgan fingerprint density at radius 1 is 1.38 bits per heavy atom. The number of pyridine rings is 1. The van der Waals surface area contributed by atoms with E-state index >= 15 is 0 Å². The van der Waals surface area contributed by atoms with Crippen LogP contribution in [0, 0.1) is 11.8 Å². The molecule has 1 amide bonds. The highest BCUT2D eigenvalue weighted by molar-refractivity contribution is 5.93. The number of hydrogen-bond donors (Lipinski definition) is 2. The van der Waals surface area contributed by atoms with E-state index in [1.54, 1.807) is 6.07 Å². The van der Waals surface area contributed by atoms with Gasteiger partial charge in [0.2, 0.25) is 5.88 Å². The fraction of sp³-hybridized carbons (Fsp3) is 0.684. The minimum Gasteiger partial charge on any atom is -0.477 e. The van der Waals surface area contributed by atoms with Crippen molar-refractivity contribution >= 4 is 5.91 Å². The lowest BCUT2D eigenvalue weighted by molar-refractivity contribution is 0.0778. The van der Waals surface area contributed by atoms with Crippen LogP contribution in [0.4, 0.5) is 0 Å². The third-order valence-corrected chi connectivity index (χ3v) is 5.29. The predicted octanol–water partition coefficient (Wildman–Crippen LogP) is 2.88. The number of carbonyl (C=O) groups excluding carboxylic acids is 1. The van der Waals surface area contributed by atoms with Gasteiger partial charge in [-0.05, 0) is 56.4 Å². The molecule has 2 aliphatic carbocycles. The van der Waals surface area contributed by atoms with Crippen LogP contribution >= 0.6 is 0 Å². The SMILES string of the molecule is CC(C)[C@](C)(CO)NC(=O)c1ccc(C2CC2)c(OCC2CC2)n1. The van der Waals surface area contributed by atoms with Gasteiger partial charge in [0.05, 0.1) is 18.8 Å². The van der Waals surface area contributed by atoms with Crippen molar-refractivity contribution in [1.29, 1.82) is 0 Å². The van der Waals surface area contributed by atoms with Gasteiger partial charge in [0.25, 0.3) is 5.91 Å². The van der Waals surface area contributed by atoms with Crippen molar-refractivity contribution < 1.29 is 14.6 Å². The highest BCUT2D eigenvalue weighted by Crippen LogP contribution is 2.44. The number of aliphatic hydroxyl groups is 1. The summed E-state index contributed by atoms with van der Waals surface area (Å²) in [6.45, 7) is 6.38. The molecule has 0 spiro atoms. The lowest BCUT2D eigenvalue weighted by atomic mass is 9.89. The van der Waals surface area contributed by atoms with Gasteiger partial charge in [-0.15, -0.1) is 0 Å². The van der Waals surface area contributed by atoms with Gasteiger partial charge in [-0.1, -0.05) is 19.9 Å². The quantitative estimate of drug-likeness (QED) is 0.768. The van der Waals surface area contributed by atoms with Crippen molar-refractivity contribution in [2.45, 2.75) is 57.9 Å². The molecule has 24 heavy (non-hydrogen) atoms. The molecule has 2 fully saturated rings. The van der Waals surface area contributed by atoms with Crippen LogP contribution in [0.3, 0.4) is 0 Å². The zero-order valence-corrected chi connectivity index (χ0v) is 14.8. The molecule has 2 saturated carbocycles. The van der Waals surface area contributed by atoms with Crippen LogP contribution in [0.2, 0.25) is 0 Å². The predicted molar refractivity (Wildman–Crippen MR) is 92.2 cm³/mol. The van der Waals surface area contributed by atoms with Gasteiger partial charge < -0.3 is 15.2 Å². The highest BCUT2D eigenvalue weighted by atomic mass is 16.5. The summed E-state index contributed by atoms with van der Waals surface area (Å²) < 4.78 is 5.92. The first-order chi connectivity index (χ1) is 11.4. The number of aromatic nitrogens is 1. The normalized spacial score (nSPS) is 19.9. The van der Waals surface area contributed by atoms with E-state index in [-0.39, 0.29) is 18.4 Å². The molecular formula is C19H28N2O3. The summed E-state index contributed by atoms with van der Waals surface area (Å²) in [4.78, 5) is 17.1. The van der Waals surface area contributed by atoms with Crippen LogP contribution in [0.5, 0.6) is 5.88 Å². The van der Waals surface area contributed by atoms with Crippen molar-refractivity contribution in [3.8, 4) is 5.88 Å². The van der Waals surface area contributed by atoms with Crippen LogP contribution < -0.4 is 10.1 Å². The summed E-state index contributed by atoms with van der Waals surface area (Å²) in [5.74, 6) is 1.64. The number of amides is 1. The van der Waals surface area contributed by atoms with Crippen LogP contribution in [0.15, 0.2) is 12.1 Å². The minimum absolute atomic E-state index is 0.110. The summed E-state index contributed by atoms with van der Waals surface area (Å²) in [7, 11) is 0. The van der Waals surface area contributed by atoms with E-state index in [1.807, 2.05) is 26.8 Å². The molecule has 0 aromatic carbocycles. The Hall–Kier alpha value is -1.62. The van der Waals surface area contributed by atoms with Crippen LogP contribution in [-0.2, 0) is 0 Å². The van der Waals surface area contributed by atoms with Crippen LogP contribution in [0.1, 0.15) is 68.4 Å². The maximum absolute atomic E-state index is 12.6. The fourth-order valence-electron chi connectivity index (χ4n) is 2.57. The molecule has 1 aromatic rings. The molecule has 1 heterocycles. The van der Waals surface area contributed by atoms with Gasteiger partial charge in [-0.25, -0.2) is 4.98 Å². The Kier molecular flexibility index (Phi) is 4.81. The van der Waals surface area contributed by atoms with E-state index in [1.165, 1.54) is 25.7 Å². The van der Waals surface area contributed by atoms with E-state index in [0.717, 1.165) is 5.56 Å². The number of hydrogen-bond acceptors (Lipinski definition) is 4. The van der Waals surface area contributed by atoms with Crippen LogP contribution in [0.25, 0.3) is 0 Å². The van der Waals surface area contributed by atoms with Crippen molar-refractivity contribution in [2.24, 2.45) is 11.8 Å². The van der Waals surface area contributed by atoms with Gasteiger partial charge in [-0.3, -0.25) is 4.79 Å². The van der Waals surface area contributed by atoms with Crippen LogP contribution in [-0.4, -0.2) is 34.8 Å². The first-order valence-electron chi connectivity index (χ1n) is 9.00. The molecule has 0 unspecified atom stereocenters. The van der Waals surface area contributed by atoms with Crippen molar-refractivity contribution in [3.63, 3.8) is 0 Å². The van der Waals surface area contributed by atoms with Crippen molar-refractivity contribution in [1.82, 2.24) is 10.3 Å². The molecule has 5 heteroatoms. The monoisotopic (exact) mass is 332 g/mol. The number of carbonyl (C=O) groups is 1. The molecule has 0 radical (unpaired) electrons. The molecule has 1 atom stereocenters. The van der Waals surface area contributed by atoms with Gasteiger partial charge in [0.1, 0.15) is 5.69 Å². The molecule has 0 aliphatic heterocycles. The van der Waals surface area contributed by atoms with Crippen molar-refractivity contribution in [2.75, 3.05) is 13.2 Å². The van der Waals surface area contributed by atoms with E-state index in [2.05, 4.69) is 10.3 Å². The smallest absolute Gasteiger partial charge is 0.270 e. The Balaban J connectivity index is 1.76. The largest absolute Gasteiger partial charge is 0.477 e. The number of rotatable bonds is 8. The molecule has 0 bridgehead atoms. The Bertz CT molecular complexity index is 609. The third kappa shape index (κ3) is 3.89. The average molecular weight is 332 g/mol. The summed E-state index contributed by atoms with van der Waals surface area (Å²) >= 11 is 0. The van der Waals surface area contributed by atoms with E-state index < -0.39 is 5.54 Å². The van der Waals surface area contributed by atoms with Crippen molar-refractivity contribution in [3.05, 3.63) is 23.4 Å². The second-order valence-electron chi connectivity index (χ2n) is 7.80. The summed E-state index contributed by atoms with van der Waals surface area (Å²) in [5, 5.41) is 12.5. The first kappa shape index (κ1) is 17.2. The lowest BCUT2D eigenvalue weighted by Gasteiger charge is -2.32. The first-order valence-corrected chi connectivity index (χ1v) is 9.00. The van der Waals surface area contributed by atoms with Gasteiger partial charge in [0, 0.05) is 5.56 Å². The summed E-state index contributed by atoms with van der Waals surface area (Å²) in [5.41, 5.74) is 0.815. The molecule has 3 rings (SSSR count). The number of nitrogens with one attached hydrogen (secondary N) is 1. The average Bonchev–Trinajstić information content (AvgIpc) is 3.46. The molecule has 5 nitrogen and oxygen atoms in total. The summed E-state index contributed by atoms with van der Waals surface area (Å²) in [6.07, 6.45) is 4.79. The molecular weight excluding hydrogens is 304 g/mol. The van der Waals surface area contributed by atoms with Gasteiger partial charge in [0.15, 0.2) is 0 Å². The number of nitrogens with zero attached hydrogens (tertiary/aromatic N) is 1. The van der Waals surface area contributed by atoms with E-state index in [9.17, 15) is 9.90 Å². The molecule has 0 saturated heterocycles. The zero-order chi connectivity index (χ0) is 17.3. The van der Waals surface area contributed by atoms with Gasteiger partial charge in [-0.2, -0.15) is 0 Å². The maximum Gasteiger partial charge on any atom is 0.270 e. The second kappa shape index (κ2) is 6.71. The Morgan fingerprint density at radius 2 is 2.08 bits per heavy atom. The van der Waals surface area contributed by atoms with E-state index in [4.69, 9.17) is 4.74 Å². The fourth-order valence-corrected chi connectivity index (χ4v) is 2.57. The third-order valence-electron chi connectivity index (χ3n) is 5.29. The number of ether oxygens (including phenoxy) is 1.